The molecule has 2 aliphatic rings. The monoisotopic (exact) mass is 509 g/mol. The Morgan fingerprint density at radius 3 is 2.25 bits per heavy atom. The molecule has 192 valence electrons. The Morgan fingerprint density at radius 2 is 1.67 bits per heavy atom. The number of hydrogen-bond donors (Lipinski definition) is 4. The number of hydrogen-bond acceptors (Lipinski definition) is 5. The molecule has 0 unspecified atom stereocenters. The largest absolute Gasteiger partial charge is 0.381 e. The summed E-state index contributed by atoms with van der Waals surface area (Å²) >= 11 is 4.23. The van der Waals surface area contributed by atoms with Crippen molar-refractivity contribution in [3.63, 3.8) is 0 Å². The van der Waals surface area contributed by atoms with E-state index in [2.05, 4.69) is 47.5 Å². The summed E-state index contributed by atoms with van der Waals surface area (Å²) in [5.74, 6) is -0.684. The van der Waals surface area contributed by atoms with Gasteiger partial charge in [0.15, 0.2) is 6.10 Å². The van der Waals surface area contributed by atoms with E-state index in [1.807, 2.05) is 38.1 Å². The van der Waals surface area contributed by atoms with E-state index in [0.29, 0.717) is 19.5 Å². The SMILES string of the molecule is CC(C)CNC(=O)[C@H](O)[C@H](CS)NC(=O)[C@@H]1CCCN1C(=O)CC1c2ccccc2-c2ccccc21. The molecule has 1 aliphatic carbocycles. The van der Waals surface area contributed by atoms with E-state index in [-0.39, 0.29) is 35.8 Å². The van der Waals surface area contributed by atoms with Gasteiger partial charge in [0.2, 0.25) is 11.8 Å². The highest BCUT2D eigenvalue weighted by Gasteiger charge is 2.38. The fourth-order valence-corrected chi connectivity index (χ4v) is 5.50. The minimum atomic E-state index is -1.41. The molecule has 7 nitrogen and oxygen atoms in total. The minimum absolute atomic E-state index is 0.0501. The van der Waals surface area contributed by atoms with Crippen LogP contribution >= 0.6 is 12.6 Å². The zero-order valence-corrected chi connectivity index (χ0v) is 21.7. The summed E-state index contributed by atoms with van der Waals surface area (Å²) in [7, 11) is 0. The second-order valence-corrected chi connectivity index (χ2v) is 10.4. The van der Waals surface area contributed by atoms with Crippen LogP contribution in [0, 0.1) is 5.92 Å². The quantitative estimate of drug-likeness (QED) is 0.391. The minimum Gasteiger partial charge on any atom is -0.381 e. The molecule has 3 amide bonds. The van der Waals surface area contributed by atoms with Gasteiger partial charge >= 0.3 is 0 Å². The van der Waals surface area contributed by atoms with Gasteiger partial charge in [-0.15, -0.1) is 0 Å². The number of nitrogens with one attached hydrogen (secondary N) is 2. The molecule has 8 heteroatoms. The molecule has 3 N–H and O–H groups in total. The Morgan fingerprint density at radius 1 is 1.06 bits per heavy atom. The molecule has 0 radical (unpaired) electrons. The predicted octanol–water partition coefficient (Wildman–Crippen LogP) is 2.73. The van der Waals surface area contributed by atoms with Crippen LogP contribution in [-0.4, -0.2) is 64.8 Å². The number of carbonyl (C=O) groups excluding carboxylic acids is 3. The summed E-state index contributed by atoms with van der Waals surface area (Å²) in [6.07, 6.45) is 0.144. The highest BCUT2D eigenvalue weighted by atomic mass is 32.1. The molecule has 4 rings (SSSR count). The lowest BCUT2D eigenvalue weighted by atomic mass is 9.93. The third-order valence-corrected chi connectivity index (χ3v) is 7.47. The molecule has 0 spiro atoms. The molecule has 3 atom stereocenters. The number of amides is 3. The van der Waals surface area contributed by atoms with Gasteiger partial charge in [-0.05, 0) is 41.0 Å². The number of likely N-dealkylation sites (tertiary alicyclic amines) is 1. The van der Waals surface area contributed by atoms with Crippen LogP contribution in [0.15, 0.2) is 48.5 Å². The van der Waals surface area contributed by atoms with E-state index in [1.54, 1.807) is 4.90 Å². The van der Waals surface area contributed by atoms with Crippen molar-refractivity contribution in [3.05, 3.63) is 59.7 Å². The van der Waals surface area contributed by atoms with E-state index >= 15 is 0 Å². The summed E-state index contributed by atoms with van der Waals surface area (Å²) < 4.78 is 0. The lowest BCUT2D eigenvalue weighted by Crippen LogP contribution is -2.56. The molecule has 1 heterocycles. The van der Waals surface area contributed by atoms with Crippen molar-refractivity contribution in [2.45, 2.75) is 57.2 Å². The van der Waals surface area contributed by atoms with Crippen LogP contribution in [0.25, 0.3) is 11.1 Å². The Balaban J connectivity index is 1.43. The van der Waals surface area contributed by atoms with Crippen LogP contribution in [-0.2, 0) is 14.4 Å². The lowest BCUT2D eigenvalue weighted by Gasteiger charge is -2.28. The van der Waals surface area contributed by atoms with Crippen LogP contribution in [0.4, 0.5) is 0 Å². The number of carbonyl (C=O) groups is 3. The number of thiol groups is 1. The molecule has 1 saturated heterocycles. The van der Waals surface area contributed by atoms with Crippen molar-refractivity contribution in [2.75, 3.05) is 18.8 Å². The van der Waals surface area contributed by atoms with Gasteiger partial charge in [-0.2, -0.15) is 12.6 Å². The van der Waals surface area contributed by atoms with Gasteiger partial charge in [0.05, 0.1) is 6.04 Å². The normalized spacial score (nSPS) is 18.5. The third-order valence-electron chi connectivity index (χ3n) is 7.08. The van der Waals surface area contributed by atoms with Gasteiger partial charge in [0.1, 0.15) is 6.04 Å². The van der Waals surface area contributed by atoms with Crippen molar-refractivity contribution in [1.29, 1.82) is 0 Å². The summed E-state index contributed by atoms with van der Waals surface area (Å²) in [6.45, 7) is 4.86. The standard InChI is InChI=1S/C28H35N3O4S/c1-17(2)15-29-28(35)26(33)23(16-36)30-27(34)24-12-7-13-31(24)25(32)14-22-20-10-5-3-8-18(20)19-9-4-6-11-21(19)22/h3-6,8-11,17,22-24,26,33,36H,7,12-16H2,1-2H3,(H,29,35)(H,30,34)/t23-,24-,26+/m0/s1. The number of benzene rings is 2. The van der Waals surface area contributed by atoms with Crippen LogP contribution in [0.1, 0.15) is 50.2 Å². The number of fused-ring (bicyclic) bond motifs is 3. The number of nitrogens with zero attached hydrogens (tertiary/aromatic N) is 1. The first kappa shape index (κ1) is 26.2. The predicted molar refractivity (Wildman–Crippen MR) is 143 cm³/mol. The van der Waals surface area contributed by atoms with Crippen LogP contribution in [0.5, 0.6) is 0 Å². The molecular formula is C28H35N3O4S. The molecular weight excluding hydrogens is 474 g/mol. The topological polar surface area (TPSA) is 98.7 Å². The van der Waals surface area contributed by atoms with E-state index in [4.69, 9.17) is 0 Å². The first-order valence-electron chi connectivity index (χ1n) is 12.7. The first-order chi connectivity index (χ1) is 17.3. The maximum Gasteiger partial charge on any atom is 0.251 e. The average molecular weight is 510 g/mol. The molecule has 0 aromatic heterocycles. The summed E-state index contributed by atoms with van der Waals surface area (Å²) in [5.41, 5.74) is 4.58. The average Bonchev–Trinajstić information content (AvgIpc) is 3.49. The third kappa shape index (κ3) is 5.44. The van der Waals surface area contributed by atoms with Crippen molar-refractivity contribution < 1.29 is 19.5 Å². The number of aliphatic hydroxyl groups excluding tert-OH is 1. The van der Waals surface area contributed by atoms with Crippen LogP contribution < -0.4 is 10.6 Å². The van der Waals surface area contributed by atoms with E-state index in [9.17, 15) is 19.5 Å². The molecule has 1 fully saturated rings. The second-order valence-electron chi connectivity index (χ2n) is 10.1. The van der Waals surface area contributed by atoms with Crippen molar-refractivity contribution in [2.24, 2.45) is 5.92 Å². The smallest absolute Gasteiger partial charge is 0.251 e. The molecule has 36 heavy (non-hydrogen) atoms. The van der Waals surface area contributed by atoms with Gasteiger partial charge < -0.3 is 20.6 Å². The van der Waals surface area contributed by atoms with Crippen LogP contribution in [0.2, 0.25) is 0 Å². The summed E-state index contributed by atoms with van der Waals surface area (Å²) in [6, 6.07) is 14.9. The zero-order valence-electron chi connectivity index (χ0n) is 20.8. The maximum atomic E-state index is 13.5. The second kappa shape index (κ2) is 11.5. The molecule has 2 aromatic carbocycles. The van der Waals surface area contributed by atoms with Crippen molar-refractivity contribution in [3.8, 4) is 11.1 Å². The Bertz CT molecular complexity index is 1080. The number of aliphatic hydroxyl groups is 1. The zero-order chi connectivity index (χ0) is 25.8. The summed E-state index contributed by atoms with van der Waals surface area (Å²) in [5, 5.41) is 15.9. The van der Waals surface area contributed by atoms with Crippen LogP contribution in [0.3, 0.4) is 0 Å². The lowest BCUT2D eigenvalue weighted by molar-refractivity contribution is -0.140. The van der Waals surface area contributed by atoms with E-state index < -0.39 is 24.1 Å². The first-order valence-corrected chi connectivity index (χ1v) is 13.3. The van der Waals surface area contributed by atoms with Gasteiger partial charge in [-0.25, -0.2) is 0 Å². The van der Waals surface area contributed by atoms with Crippen molar-refractivity contribution >= 4 is 30.4 Å². The number of rotatable bonds is 9. The molecule has 1 aliphatic heterocycles. The molecule has 0 saturated carbocycles. The highest BCUT2D eigenvalue weighted by molar-refractivity contribution is 7.80. The Kier molecular flexibility index (Phi) is 8.36. The fraction of sp³-hybridized carbons (Fsp3) is 0.464. The van der Waals surface area contributed by atoms with Crippen molar-refractivity contribution in [1.82, 2.24) is 15.5 Å². The molecule has 2 aromatic rings. The van der Waals surface area contributed by atoms with E-state index in [1.165, 1.54) is 0 Å². The van der Waals surface area contributed by atoms with Gasteiger partial charge in [-0.1, -0.05) is 62.4 Å². The van der Waals surface area contributed by atoms with E-state index in [0.717, 1.165) is 28.7 Å². The highest BCUT2D eigenvalue weighted by Crippen LogP contribution is 2.46. The fourth-order valence-electron chi connectivity index (χ4n) is 5.20. The molecule has 0 bridgehead atoms. The maximum absolute atomic E-state index is 13.5. The van der Waals surface area contributed by atoms with Gasteiger partial charge in [0.25, 0.3) is 5.91 Å². The van der Waals surface area contributed by atoms with Gasteiger partial charge in [0, 0.05) is 31.2 Å². The Labute approximate surface area is 218 Å². The Hall–Kier alpha value is -2.84. The summed E-state index contributed by atoms with van der Waals surface area (Å²) in [4.78, 5) is 40.6. The van der Waals surface area contributed by atoms with Gasteiger partial charge in [-0.3, -0.25) is 14.4 Å².